The van der Waals surface area contributed by atoms with Crippen LogP contribution < -0.4 is 5.32 Å². The van der Waals surface area contributed by atoms with E-state index in [0.717, 1.165) is 18.9 Å². The fourth-order valence-electron chi connectivity index (χ4n) is 1.70. The summed E-state index contributed by atoms with van der Waals surface area (Å²) in [7, 11) is 0. The van der Waals surface area contributed by atoms with E-state index in [0.29, 0.717) is 5.92 Å². The van der Waals surface area contributed by atoms with Crippen LogP contribution in [0.25, 0.3) is 0 Å². The summed E-state index contributed by atoms with van der Waals surface area (Å²) in [6.45, 7) is 6.09. The summed E-state index contributed by atoms with van der Waals surface area (Å²) in [4.78, 5) is 4.28. The predicted octanol–water partition coefficient (Wildman–Crippen LogP) is 2.33. The molecule has 2 aromatic rings. The highest BCUT2D eigenvalue weighted by Gasteiger charge is 2.03. The molecular formula is C13H18N4. The first kappa shape index (κ1) is 11.6. The zero-order valence-electron chi connectivity index (χ0n) is 10.3. The molecule has 1 atom stereocenters. The van der Waals surface area contributed by atoms with Crippen molar-refractivity contribution >= 4 is 5.82 Å². The number of aromatic nitrogens is 3. The number of hydrogen-bond donors (Lipinski definition) is 1. The summed E-state index contributed by atoms with van der Waals surface area (Å²) in [6.07, 6.45) is 5.62. The van der Waals surface area contributed by atoms with E-state index in [4.69, 9.17) is 0 Å². The quantitative estimate of drug-likeness (QED) is 0.857. The Balaban J connectivity index is 1.82. The van der Waals surface area contributed by atoms with Gasteiger partial charge in [0.25, 0.3) is 0 Å². The standard InChI is InChI=1S/C13H18N4/c1-11-4-6-14-13(8-11)15-9-12(2)10-17-7-3-5-16-17/h3-8,12H,9-10H2,1-2H3,(H,14,15)/t12-/m0/s1. The normalized spacial score (nSPS) is 12.4. The average Bonchev–Trinajstić information content (AvgIpc) is 2.79. The highest BCUT2D eigenvalue weighted by atomic mass is 15.3. The molecule has 2 aromatic heterocycles. The molecule has 90 valence electrons. The lowest BCUT2D eigenvalue weighted by Crippen LogP contribution is -2.17. The van der Waals surface area contributed by atoms with Crippen LogP contribution in [0.3, 0.4) is 0 Å². The van der Waals surface area contributed by atoms with Crippen molar-refractivity contribution in [3.63, 3.8) is 0 Å². The summed E-state index contributed by atoms with van der Waals surface area (Å²) >= 11 is 0. The van der Waals surface area contributed by atoms with Crippen LogP contribution in [0.2, 0.25) is 0 Å². The van der Waals surface area contributed by atoms with E-state index in [1.54, 1.807) is 0 Å². The molecule has 0 amide bonds. The van der Waals surface area contributed by atoms with Gasteiger partial charge in [0.05, 0.1) is 0 Å². The monoisotopic (exact) mass is 230 g/mol. The van der Waals surface area contributed by atoms with Gasteiger partial charge >= 0.3 is 0 Å². The fourth-order valence-corrected chi connectivity index (χ4v) is 1.70. The van der Waals surface area contributed by atoms with E-state index in [1.807, 2.05) is 35.4 Å². The summed E-state index contributed by atoms with van der Waals surface area (Å²) < 4.78 is 1.95. The van der Waals surface area contributed by atoms with Crippen LogP contribution in [0.5, 0.6) is 0 Å². The van der Waals surface area contributed by atoms with E-state index >= 15 is 0 Å². The molecule has 0 aliphatic rings. The van der Waals surface area contributed by atoms with Gasteiger partial charge in [0.1, 0.15) is 5.82 Å². The van der Waals surface area contributed by atoms with Crippen molar-refractivity contribution in [2.75, 3.05) is 11.9 Å². The van der Waals surface area contributed by atoms with Gasteiger partial charge in [-0.2, -0.15) is 5.10 Å². The van der Waals surface area contributed by atoms with Crippen molar-refractivity contribution in [1.82, 2.24) is 14.8 Å². The van der Waals surface area contributed by atoms with Gasteiger partial charge in [-0.15, -0.1) is 0 Å². The Labute approximate surface area is 102 Å². The molecule has 0 radical (unpaired) electrons. The summed E-state index contributed by atoms with van der Waals surface area (Å²) in [6, 6.07) is 6.00. The van der Waals surface area contributed by atoms with Crippen molar-refractivity contribution in [3.8, 4) is 0 Å². The first-order valence-electron chi connectivity index (χ1n) is 5.88. The minimum Gasteiger partial charge on any atom is -0.370 e. The number of rotatable bonds is 5. The maximum absolute atomic E-state index is 4.28. The molecular weight excluding hydrogens is 212 g/mol. The molecule has 1 N–H and O–H groups in total. The molecule has 17 heavy (non-hydrogen) atoms. The van der Waals surface area contributed by atoms with Gasteiger partial charge in [0.15, 0.2) is 0 Å². The lowest BCUT2D eigenvalue weighted by molar-refractivity contribution is 0.467. The minimum atomic E-state index is 0.511. The molecule has 0 bridgehead atoms. The lowest BCUT2D eigenvalue weighted by atomic mass is 10.2. The maximum atomic E-state index is 4.28. The maximum Gasteiger partial charge on any atom is 0.126 e. The Morgan fingerprint density at radius 2 is 2.29 bits per heavy atom. The second kappa shape index (κ2) is 5.48. The zero-order chi connectivity index (χ0) is 12.1. The highest BCUT2D eigenvalue weighted by molar-refractivity contribution is 5.36. The number of aryl methyl sites for hydroxylation is 1. The van der Waals surface area contributed by atoms with E-state index < -0.39 is 0 Å². The van der Waals surface area contributed by atoms with E-state index in [9.17, 15) is 0 Å². The Kier molecular flexibility index (Phi) is 3.75. The minimum absolute atomic E-state index is 0.511. The van der Waals surface area contributed by atoms with Crippen LogP contribution in [-0.4, -0.2) is 21.3 Å². The molecule has 4 nitrogen and oxygen atoms in total. The first-order valence-corrected chi connectivity index (χ1v) is 5.88. The van der Waals surface area contributed by atoms with Gasteiger partial charge in [-0.3, -0.25) is 4.68 Å². The first-order chi connectivity index (χ1) is 8.24. The third-order valence-electron chi connectivity index (χ3n) is 2.61. The number of hydrogen-bond acceptors (Lipinski definition) is 3. The van der Waals surface area contributed by atoms with Crippen molar-refractivity contribution in [1.29, 1.82) is 0 Å². The molecule has 0 saturated heterocycles. The summed E-state index contributed by atoms with van der Waals surface area (Å²) in [5.41, 5.74) is 1.22. The third kappa shape index (κ3) is 3.59. The number of nitrogens with zero attached hydrogens (tertiary/aromatic N) is 3. The van der Waals surface area contributed by atoms with E-state index in [-0.39, 0.29) is 0 Å². The van der Waals surface area contributed by atoms with Gasteiger partial charge in [-0.1, -0.05) is 6.92 Å². The molecule has 2 rings (SSSR count). The zero-order valence-corrected chi connectivity index (χ0v) is 10.3. The van der Waals surface area contributed by atoms with Crippen molar-refractivity contribution in [3.05, 3.63) is 42.4 Å². The molecule has 2 heterocycles. The van der Waals surface area contributed by atoms with E-state index in [2.05, 4.69) is 35.3 Å². The van der Waals surface area contributed by atoms with Gasteiger partial charge in [0.2, 0.25) is 0 Å². The number of anilines is 1. The Hall–Kier alpha value is -1.84. The fraction of sp³-hybridized carbons (Fsp3) is 0.385. The van der Waals surface area contributed by atoms with Crippen molar-refractivity contribution < 1.29 is 0 Å². The number of nitrogens with one attached hydrogen (secondary N) is 1. The molecule has 0 unspecified atom stereocenters. The van der Waals surface area contributed by atoms with Crippen LogP contribution in [0.4, 0.5) is 5.82 Å². The molecule has 0 aromatic carbocycles. The Morgan fingerprint density at radius 1 is 1.41 bits per heavy atom. The summed E-state index contributed by atoms with van der Waals surface area (Å²) in [5.74, 6) is 1.45. The van der Waals surface area contributed by atoms with Gasteiger partial charge in [0, 0.05) is 31.7 Å². The largest absolute Gasteiger partial charge is 0.370 e. The number of pyridine rings is 1. The van der Waals surface area contributed by atoms with Gasteiger partial charge in [-0.05, 0) is 36.6 Å². The summed E-state index contributed by atoms with van der Waals surface area (Å²) in [5, 5.41) is 7.54. The molecule has 0 aliphatic heterocycles. The average molecular weight is 230 g/mol. The van der Waals surface area contributed by atoms with Crippen LogP contribution in [-0.2, 0) is 6.54 Å². The highest BCUT2D eigenvalue weighted by Crippen LogP contribution is 2.07. The van der Waals surface area contributed by atoms with Crippen molar-refractivity contribution in [2.45, 2.75) is 20.4 Å². The second-order valence-electron chi connectivity index (χ2n) is 4.43. The van der Waals surface area contributed by atoms with Gasteiger partial charge in [-0.25, -0.2) is 4.98 Å². The van der Waals surface area contributed by atoms with Gasteiger partial charge < -0.3 is 5.32 Å². The van der Waals surface area contributed by atoms with Crippen molar-refractivity contribution in [2.24, 2.45) is 5.92 Å². The Morgan fingerprint density at radius 3 is 3.00 bits per heavy atom. The molecule has 0 fully saturated rings. The predicted molar refractivity (Wildman–Crippen MR) is 68.9 cm³/mol. The van der Waals surface area contributed by atoms with Crippen LogP contribution in [0.1, 0.15) is 12.5 Å². The smallest absolute Gasteiger partial charge is 0.126 e. The Bertz CT molecular complexity index is 450. The van der Waals surface area contributed by atoms with Crippen LogP contribution in [0.15, 0.2) is 36.8 Å². The van der Waals surface area contributed by atoms with Crippen LogP contribution in [0, 0.1) is 12.8 Å². The topological polar surface area (TPSA) is 42.7 Å². The lowest BCUT2D eigenvalue weighted by Gasteiger charge is -2.13. The SMILES string of the molecule is Cc1ccnc(NC[C@H](C)Cn2cccn2)c1. The second-order valence-corrected chi connectivity index (χ2v) is 4.43. The molecule has 0 spiro atoms. The van der Waals surface area contributed by atoms with Crippen LogP contribution >= 0.6 is 0 Å². The molecule has 0 aliphatic carbocycles. The molecule has 4 heteroatoms. The third-order valence-corrected chi connectivity index (χ3v) is 2.61. The van der Waals surface area contributed by atoms with E-state index in [1.165, 1.54) is 5.56 Å². The molecule has 0 saturated carbocycles.